The van der Waals surface area contributed by atoms with Crippen LogP contribution in [-0.2, 0) is 11.3 Å². The topological polar surface area (TPSA) is 41.6 Å². The summed E-state index contributed by atoms with van der Waals surface area (Å²) in [7, 11) is 1.41. The molecule has 0 radical (unpaired) electrons. The average molecular weight is 248 g/mol. The molecule has 0 atom stereocenters. The van der Waals surface area contributed by atoms with Gasteiger partial charge in [0.1, 0.15) is 0 Å². The summed E-state index contributed by atoms with van der Waals surface area (Å²) in [4.78, 5) is 13.9. The number of nitrogens with one attached hydrogen (secondary N) is 1. The number of benzene rings is 1. The molecule has 2 rings (SSSR count). The van der Waals surface area contributed by atoms with Crippen molar-refractivity contribution in [2.24, 2.45) is 0 Å². The van der Waals surface area contributed by atoms with Crippen LogP contribution in [0.2, 0.25) is 0 Å². The van der Waals surface area contributed by atoms with Gasteiger partial charge in [-0.1, -0.05) is 12.1 Å². The molecule has 1 aromatic rings. The number of carbonyl (C=O) groups excluding carboxylic acids is 1. The molecule has 98 valence electrons. The van der Waals surface area contributed by atoms with E-state index in [1.165, 1.54) is 19.1 Å². The first-order valence-corrected chi connectivity index (χ1v) is 6.40. The summed E-state index contributed by atoms with van der Waals surface area (Å²) in [5.41, 5.74) is 1.79. The van der Waals surface area contributed by atoms with Crippen LogP contribution in [-0.4, -0.2) is 44.2 Å². The summed E-state index contributed by atoms with van der Waals surface area (Å²) in [5.74, 6) is -0.269. The molecule has 1 N–H and O–H groups in total. The minimum atomic E-state index is -0.269. The van der Waals surface area contributed by atoms with Crippen molar-refractivity contribution >= 4 is 5.97 Å². The van der Waals surface area contributed by atoms with Gasteiger partial charge < -0.3 is 10.1 Å². The van der Waals surface area contributed by atoms with Crippen molar-refractivity contribution in [1.29, 1.82) is 0 Å². The summed E-state index contributed by atoms with van der Waals surface area (Å²) in [6, 6.07) is 7.69. The Hall–Kier alpha value is -1.39. The molecule has 0 unspecified atom stereocenters. The van der Waals surface area contributed by atoms with E-state index < -0.39 is 0 Å². The van der Waals surface area contributed by atoms with Crippen LogP contribution < -0.4 is 5.32 Å². The fraction of sp³-hybridized carbons (Fsp3) is 0.500. The van der Waals surface area contributed by atoms with Gasteiger partial charge in [0, 0.05) is 19.6 Å². The SMILES string of the molecule is COC(=O)c1cccc(CN2CCCNCC2)c1. The van der Waals surface area contributed by atoms with Gasteiger partial charge in [-0.3, -0.25) is 4.90 Å². The van der Waals surface area contributed by atoms with Crippen LogP contribution in [0.3, 0.4) is 0 Å². The van der Waals surface area contributed by atoms with Crippen LogP contribution in [0.4, 0.5) is 0 Å². The molecule has 0 spiro atoms. The molecule has 18 heavy (non-hydrogen) atoms. The number of ether oxygens (including phenoxy) is 1. The number of methoxy groups -OCH3 is 1. The van der Waals surface area contributed by atoms with Crippen molar-refractivity contribution in [2.45, 2.75) is 13.0 Å². The van der Waals surface area contributed by atoms with Gasteiger partial charge in [0.25, 0.3) is 0 Å². The molecule has 0 aliphatic carbocycles. The van der Waals surface area contributed by atoms with E-state index in [4.69, 9.17) is 4.74 Å². The highest BCUT2D eigenvalue weighted by Crippen LogP contribution is 2.10. The lowest BCUT2D eigenvalue weighted by atomic mass is 10.1. The predicted molar refractivity (Wildman–Crippen MR) is 70.5 cm³/mol. The molecule has 4 heteroatoms. The van der Waals surface area contributed by atoms with Gasteiger partial charge in [0.2, 0.25) is 0 Å². The van der Waals surface area contributed by atoms with Gasteiger partial charge in [-0.2, -0.15) is 0 Å². The Kier molecular flexibility index (Phi) is 4.73. The summed E-state index contributed by atoms with van der Waals surface area (Å²) < 4.78 is 4.74. The highest BCUT2D eigenvalue weighted by Gasteiger charge is 2.10. The van der Waals surface area contributed by atoms with Crippen LogP contribution in [0.1, 0.15) is 22.3 Å². The summed E-state index contributed by atoms with van der Waals surface area (Å²) in [6.45, 7) is 5.19. The molecular weight excluding hydrogens is 228 g/mol. The smallest absolute Gasteiger partial charge is 0.337 e. The Morgan fingerprint density at radius 3 is 3.11 bits per heavy atom. The van der Waals surface area contributed by atoms with E-state index >= 15 is 0 Å². The molecule has 1 aromatic carbocycles. The third kappa shape index (κ3) is 3.55. The summed E-state index contributed by atoms with van der Waals surface area (Å²) in [5, 5.41) is 3.39. The van der Waals surface area contributed by atoms with E-state index in [1.807, 2.05) is 12.1 Å². The zero-order valence-corrected chi connectivity index (χ0v) is 10.8. The lowest BCUT2D eigenvalue weighted by Gasteiger charge is -2.19. The maximum absolute atomic E-state index is 11.5. The van der Waals surface area contributed by atoms with E-state index in [-0.39, 0.29) is 5.97 Å². The van der Waals surface area contributed by atoms with Crippen molar-refractivity contribution in [3.63, 3.8) is 0 Å². The largest absolute Gasteiger partial charge is 0.465 e. The quantitative estimate of drug-likeness (QED) is 0.818. The maximum atomic E-state index is 11.5. The van der Waals surface area contributed by atoms with E-state index in [0.717, 1.165) is 32.7 Å². The normalized spacial score (nSPS) is 17.2. The van der Waals surface area contributed by atoms with E-state index in [9.17, 15) is 4.79 Å². The predicted octanol–water partition coefficient (Wildman–Crippen LogP) is 1.27. The van der Waals surface area contributed by atoms with Gasteiger partial charge in [-0.05, 0) is 37.2 Å². The molecule has 4 nitrogen and oxygen atoms in total. The minimum absolute atomic E-state index is 0.269. The number of esters is 1. The van der Waals surface area contributed by atoms with Crippen LogP contribution >= 0.6 is 0 Å². The fourth-order valence-corrected chi connectivity index (χ4v) is 2.23. The fourth-order valence-electron chi connectivity index (χ4n) is 2.23. The summed E-state index contributed by atoms with van der Waals surface area (Å²) in [6.07, 6.45) is 1.18. The molecule has 1 saturated heterocycles. The first kappa shape index (κ1) is 13.1. The molecule has 0 saturated carbocycles. The molecule has 1 aliphatic heterocycles. The van der Waals surface area contributed by atoms with Gasteiger partial charge in [0.15, 0.2) is 0 Å². The second kappa shape index (κ2) is 6.52. The molecule has 1 aliphatic rings. The Labute approximate surface area is 108 Å². The summed E-state index contributed by atoms with van der Waals surface area (Å²) >= 11 is 0. The van der Waals surface area contributed by atoms with E-state index in [0.29, 0.717) is 5.56 Å². The highest BCUT2D eigenvalue weighted by molar-refractivity contribution is 5.89. The Bertz CT molecular complexity index is 399. The zero-order chi connectivity index (χ0) is 12.8. The Morgan fingerprint density at radius 2 is 2.28 bits per heavy atom. The van der Waals surface area contributed by atoms with Gasteiger partial charge in [-0.15, -0.1) is 0 Å². The third-order valence-corrected chi connectivity index (χ3v) is 3.19. The van der Waals surface area contributed by atoms with E-state index in [2.05, 4.69) is 16.3 Å². The number of carbonyl (C=O) groups is 1. The molecule has 0 bridgehead atoms. The van der Waals surface area contributed by atoms with Crippen molar-refractivity contribution in [2.75, 3.05) is 33.3 Å². The van der Waals surface area contributed by atoms with Gasteiger partial charge in [-0.25, -0.2) is 4.79 Å². The monoisotopic (exact) mass is 248 g/mol. The van der Waals surface area contributed by atoms with Gasteiger partial charge >= 0.3 is 5.97 Å². The van der Waals surface area contributed by atoms with Crippen LogP contribution in [0.25, 0.3) is 0 Å². The highest BCUT2D eigenvalue weighted by atomic mass is 16.5. The standard InChI is InChI=1S/C14H20N2O2/c1-18-14(17)13-5-2-4-12(10-13)11-16-8-3-6-15-7-9-16/h2,4-5,10,15H,3,6-9,11H2,1H3. The number of rotatable bonds is 3. The number of nitrogens with zero attached hydrogens (tertiary/aromatic N) is 1. The van der Waals surface area contributed by atoms with Crippen LogP contribution in [0, 0.1) is 0 Å². The number of hydrogen-bond donors (Lipinski definition) is 1. The van der Waals surface area contributed by atoms with Gasteiger partial charge in [0.05, 0.1) is 12.7 Å². The van der Waals surface area contributed by atoms with Crippen molar-refractivity contribution < 1.29 is 9.53 Å². The van der Waals surface area contributed by atoms with E-state index in [1.54, 1.807) is 6.07 Å². The van der Waals surface area contributed by atoms with Crippen LogP contribution in [0.15, 0.2) is 24.3 Å². The molecule has 1 heterocycles. The molecule has 1 fully saturated rings. The molecule has 0 aromatic heterocycles. The zero-order valence-electron chi connectivity index (χ0n) is 10.8. The molecular formula is C14H20N2O2. The molecule has 0 amide bonds. The Morgan fingerprint density at radius 1 is 1.39 bits per heavy atom. The Balaban J connectivity index is 2.01. The maximum Gasteiger partial charge on any atom is 0.337 e. The average Bonchev–Trinajstić information content (AvgIpc) is 2.67. The second-order valence-corrected chi connectivity index (χ2v) is 4.57. The lowest BCUT2D eigenvalue weighted by molar-refractivity contribution is 0.0600. The van der Waals surface area contributed by atoms with Crippen LogP contribution in [0.5, 0.6) is 0 Å². The minimum Gasteiger partial charge on any atom is -0.465 e. The first-order chi connectivity index (χ1) is 8.79. The number of hydrogen-bond acceptors (Lipinski definition) is 4. The van der Waals surface area contributed by atoms with Crippen molar-refractivity contribution in [3.8, 4) is 0 Å². The first-order valence-electron chi connectivity index (χ1n) is 6.40. The van der Waals surface area contributed by atoms with Crippen molar-refractivity contribution in [1.82, 2.24) is 10.2 Å². The lowest BCUT2D eigenvalue weighted by Crippen LogP contribution is -2.27. The van der Waals surface area contributed by atoms with Crippen molar-refractivity contribution in [3.05, 3.63) is 35.4 Å². The third-order valence-electron chi connectivity index (χ3n) is 3.19. The second-order valence-electron chi connectivity index (χ2n) is 4.57.